The van der Waals surface area contributed by atoms with E-state index in [0.29, 0.717) is 25.3 Å². The highest BCUT2D eigenvalue weighted by molar-refractivity contribution is 5.90. The molecule has 5 N–H and O–H groups in total. The maximum absolute atomic E-state index is 13.9. The van der Waals surface area contributed by atoms with Crippen LogP contribution in [0.3, 0.4) is 0 Å². The first-order valence-electron chi connectivity index (χ1n) is 15.3. The van der Waals surface area contributed by atoms with Gasteiger partial charge < -0.3 is 26.0 Å². The second-order valence-electron chi connectivity index (χ2n) is 11.7. The molecule has 2 amide bonds. The van der Waals surface area contributed by atoms with E-state index in [4.69, 9.17) is 0 Å². The summed E-state index contributed by atoms with van der Waals surface area (Å²) in [5.41, 5.74) is 3.13. The van der Waals surface area contributed by atoms with Crippen molar-refractivity contribution >= 4 is 22.6 Å². The second kappa shape index (κ2) is 16.6. The van der Waals surface area contributed by atoms with E-state index >= 15 is 0 Å². The van der Waals surface area contributed by atoms with Gasteiger partial charge in [0, 0.05) is 24.9 Å². The fourth-order valence-corrected chi connectivity index (χ4v) is 5.50. The summed E-state index contributed by atoms with van der Waals surface area (Å²) in [7, 11) is 0. The van der Waals surface area contributed by atoms with Crippen molar-refractivity contribution in [3.05, 3.63) is 102 Å². The molecule has 3 aromatic carbocycles. The minimum Gasteiger partial charge on any atom is -0.394 e. The number of carbonyl (C=O) groups is 2. The number of hydrogen-bond donors (Lipinski definition) is 5. The van der Waals surface area contributed by atoms with Gasteiger partial charge in [-0.1, -0.05) is 86.6 Å². The molecular formula is C35H45N5O3. The predicted octanol–water partition coefficient (Wildman–Crippen LogP) is 4.19. The standard InChI is InChI=1S/C35H45N5O3/c1-25(2)18-31(23-41)39-35(43)33(20-30-22-37-24-38-30)40-34(42)29(21-36-17-9-12-26-10-4-3-5-11-26)19-28-15-8-14-27-13-6-7-16-32(27)28/h3-8,10-11,13-16,22,24-25,29,31,33,36,41H,9,12,17-21,23H2,1-2H3,(H,37,38)(H,39,43)(H,40,42)/t29?,31-,33-/m0/s1. The molecule has 0 saturated heterocycles. The minimum atomic E-state index is -0.817. The second-order valence-corrected chi connectivity index (χ2v) is 11.7. The van der Waals surface area contributed by atoms with Crippen molar-refractivity contribution in [3.63, 3.8) is 0 Å². The quantitative estimate of drug-likeness (QED) is 0.119. The van der Waals surface area contributed by atoms with Gasteiger partial charge in [-0.3, -0.25) is 9.59 Å². The molecule has 3 atom stereocenters. The highest BCUT2D eigenvalue weighted by Gasteiger charge is 2.28. The van der Waals surface area contributed by atoms with Crippen LogP contribution < -0.4 is 16.0 Å². The number of imidazole rings is 1. The van der Waals surface area contributed by atoms with Gasteiger partial charge in [0.1, 0.15) is 6.04 Å². The van der Waals surface area contributed by atoms with Crippen LogP contribution >= 0.6 is 0 Å². The van der Waals surface area contributed by atoms with Crippen molar-refractivity contribution in [2.75, 3.05) is 19.7 Å². The zero-order valence-electron chi connectivity index (χ0n) is 25.3. The molecule has 8 nitrogen and oxygen atoms in total. The van der Waals surface area contributed by atoms with Gasteiger partial charge in [0.15, 0.2) is 0 Å². The first-order chi connectivity index (χ1) is 20.9. The third-order valence-electron chi connectivity index (χ3n) is 7.70. The molecule has 0 fully saturated rings. The number of H-pyrrole nitrogens is 1. The fourth-order valence-electron chi connectivity index (χ4n) is 5.50. The van der Waals surface area contributed by atoms with Crippen LogP contribution in [0.2, 0.25) is 0 Å². The summed E-state index contributed by atoms with van der Waals surface area (Å²) in [5, 5.41) is 21.6. The number of fused-ring (bicyclic) bond motifs is 1. The number of aryl methyl sites for hydroxylation is 1. The normalized spacial score (nSPS) is 13.5. The summed E-state index contributed by atoms with van der Waals surface area (Å²) in [6.07, 6.45) is 6.57. The van der Waals surface area contributed by atoms with E-state index in [1.54, 1.807) is 12.5 Å². The van der Waals surface area contributed by atoms with Gasteiger partial charge in [-0.05, 0) is 60.0 Å². The number of nitrogens with one attached hydrogen (secondary N) is 4. The average Bonchev–Trinajstić information content (AvgIpc) is 3.53. The van der Waals surface area contributed by atoms with Crippen LogP contribution in [-0.4, -0.2) is 58.7 Å². The first kappa shape index (κ1) is 31.9. The number of aliphatic hydroxyl groups excluding tert-OH is 1. The zero-order valence-corrected chi connectivity index (χ0v) is 25.3. The maximum atomic E-state index is 13.9. The van der Waals surface area contributed by atoms with Crippen molar-refractivity contribution in [1.82, 2.24) is 25.9 Å². The molecule has 0 spiro atoms. The molecule has 43 heavy (non-hydrogen) atoms. The van der Waals surface area contributed by atoms with Gasteiger partial charge in [-0.15, -0.1) is 0 Å². The van der Waals surface area contributed by atoms with E-state index in [0.717, 1.165) is 41.4 Å². The summed E-state index contributed by atoms with van der Waals surface area (Å²) in [5.74, 6) is -0.602. The number of carbonyl (C=O) groups excluding carboxylic acids is 2. The molecule has 0 aliphatic carbocycles. The van der Waals surface area contributed by atoms with E-state index < -0.39 is 12.0 Å². The van der Waals surface area contributed by atoms with E-state index in [1.165, 1.54) is 5.56 Å². The van der Waals surface area contributed by atoms with Crippen LogP contribution in [0.1, 0.15) is 43.5 Å². The van der Waals surface area contributed by atoms with Gasteiger partial charge >= 0.3 is 0 Å². The number of aromatic nitrogens is 2. The van der Waals surface area contributed by atoms with E-state index in [1.807, 2.05) is 38.1 Å². The summed E-state index contributed by atoms with van der Waals surface area (Å²) >= 11 is 0. The molecule has 0 saturated carbocycles. The highest BCUT2D eigenvalue weighted by Crippen LogP contribution is 2.22. The van der Waals surface area contributed by atoms with Crippen LogP contribution in [0.5, 0.6) is 0 Å². The summed E-state index contributed by atoms with van der Waals surface area (Å²) in [6, 6.07) is 23.6. The molecule has 228 valence electrons. The Morgan fingerprint density at radius 3 is 2.42 bits per heavy atom. The van der Waals surface area contributed by atoms with Crippen molar-refractivity contribution in [1.29, 1.82) is 0 Å². The lowest BCUT2D eigenvalue weighted by Gasteiger charge is -2.25. The fraction of sp³-hybridized carbons (Fsp3) is 0.400. The Balaban J connectivity index is 1.49. The van der Waals surface area contributed by atoms with Crippen LogP contribution in [0.4, 0.5) is 0 Å². The molecule has 0 bridgehead atoms. The topological polar surface area (TPSA) is 119 Å². The zero-order chi connectivity index (χ0) is 30.4. The summed E-state index contributed by atoms with van der Waals surface area (Å²) in [4.78, 5) is 34.5. The van der Waals surface area contributed by atoms with Crippen molar-refractivity contribution < 1.29 is 14.7 Å². The van der Waals surface area contributed by atoms with Crippen LogP contribution in [0.25, 0.3) is 10.8 Å². The third-order valence-corrected chi connectivity index (χ3v) is 7.70. The monoisotopic (exact) mass is 583 g/mol. The van der Waals surface area contributed by atoms with Crippen molar-refractivity contribution in [2.24, 2.45) is 11.8 Å². The molecule has 1 unspecified atom stereocenters. The van der Waals surface area contributed by atoms with Gasteiger partial charge in [-0.2, -0.15) is 0 Å². The lowest BCUT2D eigenvalue weighted by Crippen LogP contribution is -2.53. The molecule has 0 radical (unpaired) electrons. The number of aliphatic hydroxyl groups is 1. The molecule has 8 heteroatoms. The number of nitrogens with zero attached hydrogens (tertiary/aromatic N) is 1. The molecule has 1 aromatic heterocycles. The van der Waals surface area contributed by atoms with E-state index in [2.05, 4.69) is 74.4 Å². The Morgan fingerprint density at radius 1 is 0.907 bits per heavy atom. The molecule has 0 aliphatic heterocycles. The van der Waals surface area contributed by atoms with Crippen molar-refractivity contribution in [3.8, 4) is 0 Å². The molecule has 1 heterocycles. The summed E-state index contributed by atoms with van der Waals surface area (Å²) < 4.78 is 0. The van der Waals surface area contributed by atoms with Crippen LogP contribution in [0, 0.1) is 11.8 Å². The van der Waals surface area contributed by atoms with Crippen LogP contribution in [0.15, 0.2) is 85.3 Å². The maximum Gasteiger partial charge on any atom is 0.243 e. The average molecular weight is 584 g/mol. The van der Waals surface area contributed by atoms with Gasteiger partial charge in [0.05, 0.1) is 24.9 Å². The first-order valence-corrected chi connectivity index (χ1v) is 15.3. The Bertz CT molecular complexity index is 1400. The predicted molar refractivity (Wildman–Crippen MR) is 171 cm³/mol. The molecule has 4 aromatic rings. The largest absolute Gasteiger partial charge is 0.394 e. The Hall–Kier alpha value is -4.01. The van der Waals surface area contributed by atoms with E-state index in [9.17, 15) is 14.7 Å². The Kier molecular flexibility index (Phi) is 12.3. The molecule has 4 rings (SSSR count). The molecular weight excluding hydrogens is 538 g/mol. The Morgan fingerprint density at radius 2 is 1.67 bits per heavy atom. The number of benzene rings is 3. The number of amides is 2. The summed E-state index contributed by atoms with van der Waals surface area (Å²) in [6.45, 7) is 5.19. The molecule has 0 aliphatic rings. The number of hydrogen-bond acceptors (Lipinski definition) is 5. The third kappa shape index (κ3) is 10.0. The lowest BCUT2D eigenvalue weighted by molar-refractivity contribution is -0.131. The van der Waals surface area contributed by atoms with Gasteiger partial charge in [0.25, 0.3) is 0 Å². The number of rotatable bonds is 17. The van der Waals surface area contributed by atoms with Crippen molar-refractivity contribution in [2.45, 2.75) is 58.0 Å². The Labute approximate surface area is 254 Å². The van der Waals surface area contributed by atoms with Gasteiger partial charge in [-0.25, -0.2) is 4.98 Å². The lowest BCUT2D eigenvalue weighted by atomic mass is 9.93. The smallest absolute Gasteiger partial charge is 0.243 e. The minimum absolute atomic E-state index is 0.161. The van der Waals surface area contributed by atoms with Gasteiger partial charge in [0.2, 0.25) is 11.8 Å². The van der Waals surface area contributed by atoms with Crippen LogP contribution in [-0.2, 0) is 28.9 Å². The highest BCUT2D eigenvalue weighted by atomic mass is 16.3. The van der Waals surface area contributed by atoms with E-state index in [-0.39, 0.29) is 30.9 Å². The number of aromatic amines is 1. The SMILES string of the molecule is CC(C)C[C@@H](CO)NC(=O)[C@H](Cc1cnc[nH]1)NC(=O)C(CNCCCc1ccccc1)Cc1cccc2ccccc12.